The van der Waals surface area contributed by atoms with Crippen LogP contribution in [0, 0.1) is 0 Å². The van der Waals surface area contributed by atoms with Crippen molar-refractivity contribution in [3.05, 3.63) is 36.4 Å². The fraction of sp³-hybridized carbons (Fsp3) is 0.458. The van der Waals surface area contributed by atoms with E-state index in [0.717, 1.165) is 59.1 Å². The molecule has 0 aromatic carbocycles. The van der Waals surface area contributed by atoms with Gasteiger partial charge in [-0.1, -0.05) is 19.6 Å². The van der Waals surface area contributed by atoms with E-state index in [9.17, 15) is 0 Å². The van der Waals surface area contributed by atoms with Crippen molar-refractivity contribution in [2.75, 3.05) is 18.9 Å². The van der Waals surface area contributed by atoms with E-state index >= 15 is 0 Å². The van der Waals surface area contributed by atoms with Crippen LogP contribution in [-0.4, -0.2) is 45.3 Å². The molecule has 0 unspecified atom stereocenters. The highest BCUT2D eigenvalue weighted by Crippen LogP contribution is 2.42. The summed E-state index contributed by atoms with van der Waals surface area (Å²) in [6.45, 7) is 14.3. The number of nitrogens with two attached hydrogens (primary N) is 1. The van der Waals surface area contributed by atoms with Crippen molar-refractivity contribution >= 4 is 36.0 Å². The molecule has 33 heavy (non-hydrogen) atoms. The molecule has 5 heterocycles. The molecule has 0 saturated carbocycles. The van der Waals surface area contributed by atoms with Crippen molar-refractivity contribution in [3.8, 4) is 11.3 Å². The number of hydrogen-bond donors (Lipinski definition) is 2. The van der Waals surface area contributed by atoms with Crippen molar-refractivity contribution in [2.24, 2.45) is 0 Å². The third kappa shape index (κ3) is 3.83. The molecule has 5 rings (SSSR count). The van der Waals surface area contributed by atoms with Gasteiger partial charge in [0.25, 0.3) is 0 Å². The van der Waals surface area contributed by atoms with Gasteiger partial charge in [0.1, 0.15) is 30.2 Å². The molecule has 4 aromatic heterocycles. The Morgan fingerprint density at radius 1 is 1.18 bits per heavy atom. The molecule has 1 aliphatic rings. The number of nitrogens with zero attached hydrogens (tertiary/aromatic N) is 5. The molecule has 0 atom stereocenters. The Morgan fingerprint density at radius 2 is 2.00 bits per heavy atom. The zero-order chi connectivity index (χ0) is 23.4. The maximum Gasteiger partial charge on any atom is 0.146 e. The van der Waals surface area contributed by atoms with E-state index in [1.54, 1.807) is 6.33 Å². The second kappa shape index (κ2) is 7.93. The summed E-state index contributed by atoms with van der Waals surface area (Å²) in [5.74, 6) is 0.497. The van der Waals surface area contributed by atoms with Crippen LogP contribution in [0.15, 0.2) is 30.7 Å². The zero-order valence-corrected chi connectivity index (χ0v) is 21.1. The fourth-order valence-electron chi connectivity index (χ4n) is 4.80. The average molecular weight is 464 g/mol. The molecular weight excluding hydrogens is 430 g/mol. The highest BCUT2D eigenvalue weighted by atomic mass is 28.3. The minimum Gasteiger partial charge on any atom is -0.383 e. The number of anilines is 1. The molecule has 0 aliphatic carbocycles. The van der Waals surface area contributed by atoms with Gasteiger partial charge >= 0.3 is 0 Å². The number of nitrogens with one attached hydrogen (secondary N) is 1. The van der Waals surface area contributed by atoms with Crippen LogP contribution in [0.2, 0.25) is 25.7 Å². The largest absolute Gasteiger partial charge is 0.383 e. The summed E-state index contributed by atoms with van der Waals surface area (Å²) in [6, 6.07) is 7.38. The van der Waals surface area contributed by atoms with Crippen LogP contribution in [-0.2, 0) is 23.6 Å². The number of nitrogen functional groups attached to an aromatic ring is 1. The summed E-state index contributed by atoms with van der Waals surface area (Å²) in [5.41, 5.74) is 11.4. The third-order valence-electron chi connectivity index (χ3n) is 6.46. The predicted molar refractivity (Wildman–Crippen MR) is 136 cm³/mol. The standard InChI is InChI=1S/C24H33N7OSi/c1-24(2)13-26-12-18-19(20-21(25)28-14-29-23(20)31(18)24)17-11-16-7-6-8-27-22(16)30(17)15-32-9-10-33(3,4)5/h6-8,11,14,26H,9-10,12-13,15H2,1-5H3,(H2,25,28,29). The predicted octanol–water partition coefficient (Wildman–Crippen LogP) is 4.18. The number of aromatic nitrogens is 5. The van der Waals surface area contributed by atoms with Crippen LogP contribution in [0.1, 0.15) is 19.5 Å². The summed E-state index contributed by atoms with van der Waals surface area (Å²) in [5, 5.41) is 5.56. The van der Waals surface area contributed by atoms with Gasteiger partial charge < -0.3 is 24.9 Å². The van der Waals surface area contributed by atoms with Crippen molar-refractivity contribution < 1.29 is 4.74 Å². The number of fused-ring (bicyclic) bond motifs is 4. The number of rotatable bonds is 6. The minimum atomic E-state index is -1.17. The fourth-order valence-corrected chi connectivity index (χ4v) is 5.56. The maximum atomic E-state index is 6.47. The van der Waals surface area contributed by atoms with Gasteiger partial charge in [-0.3, -0.25) is 0 Å². The summed E-state index contributed by atoms with van der Waals surface area (Å²) in [7, 11) is -1.17. The van der Waals surface area contributed by atoms with Crippen molar-refractivity contribution in [1.82, 2.24) is 29.4 Å². The number of hydrogen-bond acceptors (Lipinski definition) is 6. The molecule has 9 heteroatoms. The average Bonchev–Trinajstić information content (AvgIpc) is 3.27. The Hall–Kier alpha value is -2.75. The molecule has 0 amide bonds. The molecule has 174 valence electrons. The van der Waals surface area contributed by atoms with Crippen molar-refractivity contribution in [1.29, 1.82) is 0 Å². The maximum absolute atomic E-state index is 6.47. The summed E-state index contributed by atoms with van der Waals surface area (Å²) < 4.78 is 10.7. The van der Waals surface area contributed by atoms with Crippen LogP contribution < -0.4 is 11.1 Å². The Morgan fingerprint density at radius 3 is 2.79 bits per heavy atom. The minimum absolute atomic E-state index is 0.145. The van der Waals surface area contributed by atoms with Crippen molar-refractivity contribution in [3.63, 3.8) is 0 Å². The molecule has 8 nitrogen and oxygen atoms in total. The molecule has 0 fully saturated rings. The molecule has 3 N–H and O–H groups in total. The van der Waals surface area contributed by atoms with Gasteiger partial charge in [0.15, 0.2) is 0 Å². The lowest BCUT2D eigenvalue weighted by Gasteiger charge is -2.34. The van der Waals surface area contributed by atoms with Crippen LogP contribution in [0.4, 0.5) is 5.82 Å². The van der Waals surface area contributed by atoms with E-state index in [1.165, 1.54) is 5.69 Å². The van der Waals surface area contributed by atoms with E-state index in [1.807, 2.05) is 12.3 Å². The SMILES string of the molecule is CC1(C)CNCc2c(-c3cc4cccnc4n3COCC[Si](C)(C)C)c3c(N)ncnc3n21. The third-order valence-corrected chi connectivity index (χ3v) is 8.16. The second-order valence-electron chi connectivity index (χ2n) is 10.8. The van der Waals surface area contributed by atoms with Crippen LogP contribution >= 0.6 is 0 Å². The van der Waals surface area contributed by atoms with E-state index < -0.39 is 8.07 Å². The smallest absolute Gasteiger partial charge is 0.146 e. The summed E-state index contributed by atoms with van der Waals surface area (Å²) in [6.07, 6.45) is 3.39. The van der Waals surface area contributed by atoms with Gasteiger partial charge in [0.2, 0.25) is 0 Å². The summed E-state index contributed by atoms with van der Waals surface area (Å²) in [4.78, 5) is 13.7. The Bertz CT molecular complexity index is 1330. The zero-order valence-electron chi connectivity index (χ0n) is 20.1. The summed E-state index contributed by atoms with van der Waals surface area (Å²) >= 11 is 0. The van der Waals surface area contributed by atoms with E-state index in [2.05, 4.69) is 75.0 Å². The quantitative estimate of drug-likeness (QED) is 0.329. The lowest BCUT2D eigenvalue weighted by Crippen LogP contribution is -2.44. The first-order chi connectivity index (χ1) is 15.7. The lowest BCUT2D eigenvalue weighted by molar-refractivity contribution is 0.0909. The van der Waals surface area contributed by atoms with Gasteiger partial charge in [0.05, 0.1) is 16.6 Å². The van der Waals surface area contributed by atoms with Crippen LogP contribution in [0.3, 0.4) is 0 Å². The van der Waals surface area contributed by atoms with Gasteiger partial charge in [-0.15, -0.1) is 0 Å². The first-order valence-electron chi connectivity index (χ1n) is 11.5. The second-order valence-corrected chi connectivity index (χ2v) is 16.4. The van der Waals surface area contributed by atoms with Crippen molar-refractivity contribution in [2.45, 2.75) is 58.3 Å². The Labute approximate surface area is 195 Å². The Balaban J connectivity index is 1.71. The monoisotopic (exact) mass is 463 g/mol. The van der Waals surface area contributed by atoms with Gasteiger partial charge in [-0.2, -0.15) is 0 Å². The number of pyridine rings is 1. The molecule has 0 saturated heterocycles. The Kier molecular flexibility index (Phi) is 5.30. The van der Waals surface area contributed by atoms with E-state index in [0.29, 0.717) is 12.5 Å². The molecule has 4 aromatic rings. The van der Waals surface area contributed by atoms with Gasteiger partial charge in [-0.25, -0.2) is 15.0 Å². The highest BCUT2D eigenvalue weighted by molar-refractivity contribution is 6.76. The van der Waals surface area contributed by atoms with Gasteiger partial charge in [-0.05, 0) is 38.1 Å². The normalized spacial score (nSPS) is 15.9. The van der Waals surface area contributed by atoms with Crippen LogP contribution in [0.25, 0.3) is 33.3 Å². The first kappa shape index (κ1) is 22.1. The first-order valence-corrected chi connectivity index (χ1v) is 15.3. The number of ether oxygens (including phenoxy) is 1. The topological polar surface area (TPSA) is 95.8 Å². The van der Waals surface area contributed by atoms with Crippen LogP contribution in [0.5, 0.6) is 0 Å². The molecule has 0 bridgehead atoms. The molecular formula is C24H33N7OSi. The van der Waals surface area contributed by atoms with E-state index in [4.69, 9.17) is 10.5 Å². The van der Waals surface area contributed by atoms with E-state index in [-0.39, 0.29) is 5.54 Å². The molecule has 1 aliphatic heterocycles. The van der Waals surface area contributed by atoms with Gasteiger partial charge in [0, 0.05) is 50.6 Å². The highest BCUT2D eigenvalue weighted by Gasteiger charge is 2.34. The molecule has 0 radical (unpaired) electrons. The lowest BCUT2D eigenvalue weighted by atomic mass is 10.0. The molecule has 0 spiro atoms.